The molecule has 0 saturated heterocycles. The summed E-state index contributed by atoms with van der Waals surface area (Å²) in [6, 6.07) is 0. The fraction of sp³-hybridized carbons (Fsp3) is 0.929. The highest BCUT2D eigenvalue weighted by molar-refractivity contribution is 7.79. The van der Waals surface area contributed by atoms with Gasteiger partial charge in [-0.2, -0.15) is 8.42 Å². The molecule has 0 heterocycles. The molecule has 0 aromatic rings. The molecule has 0 saturated carbocycles. The molecule has 0 aliphatic carbocycles. The Bertz CT molecular complexity index is 590. The summed E-state index contributed by atoms with van der Waals surface area (Å²) in [5.74, 6) is 0.439. The first-order valence-electron chi connectivity index (χ1n) is 15.3. The predicted molar refractivity (Wildman–Crippen MR) is 168 cm³/mol. The van der Waals surface area contributed by atoms with Crippen molar-refractivity contribution in [3.63, 3.8) is 0 Å². The van der Waals surface area contributed by atoms with Crippen LogP contribution in [0.1, 0.15) is 155 Å². The summed E-state index contributed by atoms with van der Waals surface area (Å²) in [5.41, 5.74) is 21.0. The van der Waals surface area contributed by atoms with Gasteiger partial charge in [0.05, 0.1) is 0 Å². The minimum atomic E-state index is -4.67. The Kier molecular flexibility index (Phi) is 37.0. The smallest absolute Gasteiger partial charge is 0.370 e. The van der Waals surface area contributed by atoms with E-state index in [2.05, 4.69) is 23.8 Å². The van der Waals surface area contributed by atoms with Crippen molar-refractivity contribution in [3.8, 4) is 0 Å². The number of hydrogen-bond donors (Lipinski definition) is 6. The van der Waals surface area contributed by atoms with E-state index in [0.29, 0.717) is 0 Å². The number of nitrogens with zero attached hydrogens (tertiary/aromatic N) is 2. The van der Waals surface area contributed by atoms with Crippen LogP contribution in [-0.4, -0.2) is 42.5 Å². The van der Waals surface area contributed by atoms with Gasteiger partial charge in [0, 0.05) is 13.1 Å². The summed E-state index contributed by atoms with van der Waals surface area (Å²) in [6.07, 6.45) is 29.8. The molecule has 236 valence electrons. The van der Waals surface area contributed by atoms with Gasteiger partial charge in [-0.1, -0.05) is 142 Å². The summed E-state index contributed by atoms with van der Waals surface area (Å²) in [7, 11) is -4.67. The van der Waals surface area contributed by atoms with Crippen molar-refractivity contribution >= 4 is 22.3 Å². The molecule has 0 radical (unpaired) electrons. The first-order chi connectivity index (χ1) is 18.5. The second kappa shape index (κ2) is 34.4. The largest absolute Gasteiger partial charge is 0.394 e. The molecule has 0 aromatic heterocycles. The molecule has 10 nitrogen and oxygen atoms in total. The standard InChI is InChI=1S/2C14H31N3.H2O4S/c2*1-2-3-4-5-6-7-8-9-10-11-12-13-17-14(15)16;1-5(2,3)4/h2*2-13H2,1H3,(H4,15,16,17);(H2,1,2,3,4). The zero-order valence-corrected chi connectivity index (χ0v) is 26.1. The summed E-state index contributed by atoms with van der Waals surface area (Å²) in [5, 5.41) is 0. The zero-order chi connectivity index (χ0) is 30.0. The third-order valence-corrected chi connectivity index (χ3v) is 6.11. The number of guanidine groups is 2. The number of rotatable bonds is 24. The Morgan fingerprint density at radius 2 is 0.641 bits per heavy atom. The monoisotopic (exact) mass is 580 g/mol. The van der Waals surface area contributed by atoms with Gasteiger partial charge in [-0.15, -0.1) is 0 Å². The van der Waals surface area contributed by atoms with Gasteiger partial charge in [0.1, 0.15) is 0 Å². The van der Waals surface area contributed by atoms with Crippen LogP contribution >= 0.6 is 0 Å². The summed E-state index contributed by atoms with van der Waals surface area (Å²) in [4.78, 5) is 7.95. The molecule has 10 N–H and O–H groups in total. The summed E-state index contributed by atoms with van der Waals surface area (Å²) < 4.78 is 31.6. The normalized spacial score (nSPS) is 10.6. The topological polar surface area (TPSA) is 203 Å². The molecule has 39 heavy (non-hydrogen) atoms. The molecular formula is C28H64N6O4S. The van der Waals surface area contributed by atoms with Crippen molar-refractivity contribution in [3.05, 3.63) is 0 Å². The Morgan fingerprint density at radius 3 is 0.821 bits per heavy atom. The number of hydrogen-bond acceptors (Lipinski definition) is 4. The van der Waals surface area contributed by atoms with Gasteiger partial charge in [0.25, 0.3) is 0 Å². The van der Waals surface area contributed by atoms with E-state index in [-0.39, 0.29) is 11.9 Å². The summed E-state index contributed by atoms with van der Waals surface area (Å²) >= 11 is 0. The van der Waals surface area contributed by atoms with Gasteiger partial charge in [-0.3, -0.25) is 19.1 Å². The second-order valence-electron chi connectivity index (χ2n) is 10.1. The highest BCUT2D eigenvalue weighted by Gasteiger charge is 1.94. The molecule has 0 atom stereocenters. The highest BCUT2D eigenvalue weighted by atomic mass is 32.3. The fourth-order valence-electron chi connectivity index (χ4n) is 3.97. The van der Waals surface area contributed by atoms with E-state index in [9.17, 15) is 0 Å². The molecule has 0 aromatic carbocycles. The van der Waals surface area contributed by atoms with E-state index < -0.39 is 10.4 Å². The van der Waals surface area contributed by atoms with Crippen LogP contribution in [0.15, 0.2) is 9.98 Å². The van der Waals surface area contributed by atoms with Crippen molar-refractivity contribution in [2.75, 3.05) is 13.1 Å². The zero-order valence-electron chi connectivity index (χ0n) is 25.3. The first kappa shape index (κ1) is 41.9. The van der Waals surface area contributed by atoms with Gasteiger partial charge in [-0.05, 0) is 12.8 Å². The maximum atomic E-state index is 8.74. The van der Waals surface area contributed by atoms with Crippen LogP contribution in [0, 0.1) is 0 Å². The molecule has 0 amide bonds. The number of aliphatic imine (C=N–C) groups is 2. The van der Waals surface area contributed by atoms with Crippen LogP contribution in [0.25, 0.3) is 0 Å². The lowest BCUT2D eigenvalue weighted by atomic mass is 10.1. The van der Waals surface area contributed by atoms with Crippen LogP contribution in [0.3, 0.4) is 0 Å². The third kappa shape index (κ3) is 61.8. The predicted octanol–water partition coefficient (Wildman–Crippen LogP) is 6.49. The fourth-order valence-corrected chi connectivity index (χ4v) is 3.97. The van der Waals surface area contributed by atoms with Crippen LogP contribution < -0.4 is 22.9 Å². The molecular weight excluding hydrogens is 516 g/mol. The molecule has 0 spiro atoms. The van der Waals surface area contributed by atoms with Gasteiger partial charge >= 0.3 is 10.4 Å². The minimum absolute atomic E-state index is 0.220. The van der Waals surface area contributed by atoms with Gasteiger partial charge in [0.2, 0.25) is 0 Å². The van der Waals surface area contributed by atoms with Gasteiger partial charge in [0.15, 0.2) is 11.9 Å². The van der Waals surface area contributed by atoms with E-state index in [0.717, 1.165) is 25.9 Å². The van der Waals surface area contributed by atoms with E-state index in [1.54, 1.807) is 0 Å². The van der Waals surface area contributed by atoms with Crippen molar-refractivity contribution < 1.29 is 17.5 Å². The quantitative estimate of drug-likeness (QED) is 0.0321. The Labute approximate surface area is 240 Å². The molecule has 0 aliphatic rings. The summed E-state index contributed by atoms with van der Waals surface area (Å²) in [6.45, 7) is 6.11. The SMILES string of the molecule is CCCCCCCCCCCCCN=C(N)N.CCCCCCCCCCCCCN=C(N)N.O=S(=O)(O)O. The maximum Gasteiger partial charge on any atom is 0.394 e. The number of unbranched alkanes of at least 4 members (excludes halogenated alkanes) is 20. The van der Waals surface area contributed by atoms with Crippen LogP contribution in [-0.2, 0) is 10.4 Å². The maximum absolute atomic E-state index is 8.74. The second-order valence-corrected chi connectivity index (χ2v) is 11.0. The Morgan fingerprint density at radius 1 is 0.462 bits per heavy atom. The van der Waals surface area contributed by atoms with Crippen molar-refractivity contribution in [1.82, 2.24) is 0 Å². The van der Waals surface area contributed by atoms with E-state index >= 15 is 0 Å². The van der Waals surface area contributed by atoms with Crippen LogP contribution in [0.2, 0.25) is 0 Å². The minimum Gasteiger partial charge on any atom is -0.370 e. The van der Waals surface area contributed by atoms with E-state index in [1.807, 2.05) is 0 Å². The molecule has 0 bridgehead atoms. The molecule has 0 rings (SSSR count). The third-order valence-electron chi connectivity index (χ3n) is 6.11. The van der Waals surface area contributed by atoms with Crippen LogP contribution in [0.4, 0.5) is 0 Å². The molecule has 0 unspecified atom stereocenters. The van der Waals surface area contributed by atoms with Crippen molar-refractivity contribution in [1.29, 1.82) is 0 Å². The Balaban J connectivity index is -0.000000566. The lowest BCUT2D eigenvalue weighted by Crippen LogP contribution is -2.22. The molecule has 0 aliphatic heterocycles. The van der Waals surface area contributed by atoms with E-state index in [4.69, 9.17) is 40.5 Å². The first-order valence-corrected chi connectivity index (χ1v) is 16.7. The molecule has 0 fully saturated rings. The Hall–Kier alpha value is -1.59. The van der Waals surface area contributed by atoms with Crippen LogP contribution in [0.5, 0.6) is 0 Å². The van der Waals surface area contributed by atoms with E-state index in [1.165, 1.54) is 128 Å². The average Bonchev–Trinajstić information content (AvgIpc) is 2.84. The number of nitrogens with two attached hydrogens (primary N) is 4. The van der Waals surface area contributed by atoms with Gasteiger partial charge in [-0.25, -0.2) is 0 Å². The lowest BCUT2D eigenvalue weighted by molar-refractivity contribution is 0.381. The lowest BCUT2D eigenvalue weighted by Gasteiger charge is -2.01. The highest BCUT2D eigenvalue weighted by Crippen LogP contribution is 2.12. The molecule has 11 heteroatoms. The van der Waals surface area contributed by atoms with Crippen molar-refractivity contribution in [2.24, 2.45) is 32.9 Å². The average molecular weight is 581 g/mol. The van der Waals surface area contributed by atoms with Gasteiger partial charge < -0.3 is 22.9 Å². The van der Waals surface area contributed by atoms with Crippen molar-refractivity contribution in [2.45, 2.75) is 155 Å².